The van der Waals surface area contributed by atoms with Gasteiger partial charge in [-0.25, -0.2) is 4.79 Å². The highest BCUT2D eigenvalue weighted by molar-refractivity contribution is 5.79. The number of carbonyl (C=O) groups is 3. The van der Waals surface area contributed by atoms with Crippen molar-refractivity contribution in [3.05, 3.63) is 35.9 Å². The molecule has 1 N–H and O–H groups in total. The molecule has 0 aliphatic carbocycles. The molecule has 108 valence electrons. The average molecular weight is 277 g/mol. The average Bonchev–Trinajstić information content (AvgIpc) is 2.49. The minimum absolute atomic E-state index is 0.0660. The molecule has 5 nitrogen and oxygen atoms in total. The summed E-state index contributed by atoms with van der Waals surface area (Å²) in [5, 5.41) is 2.43. The van der Waals surface area contributed by atoms with E-state index >= 15 is 0 Å². The van der Waals surface area contributed by atoms with Crippen molar-refractivity contribution in [2.75, 3.05) is 0 Å². The highest BCUT2D eigenvalue weighted by Gasteiger charge is 2.13. The van der Waals surface area contributed by atoms with E-state index in [1.807, 2.05) is 30.3 Å². The number of carbonyl (C=O) groups excluding carboxylic acids is 3. The van der Waals surface area contributed by atoms with Crippen LogP contribution in [0.1, 0.15) is 31.7 Å². The van der Waals surface area contributed by atoms with Crippen LogP contribution in [-0.4, -0.2) is 24.2 Å². The van der Waals surface area contributed by atoms with E-state index in [4.69, 9.17) is 4.74 Å². The van der Waals surface area contributed by atoms with Crippen molar-refractivity contribution in [2.45, 2.75) is 38.8 Å². The van der Waals surface area contributed by atoms with Gasteiger partial charge < -0.3 is 14.8 Å². The third-order valence-corrected chi connectivity index (χ3v) is 2.81. The molecule has 0 bridgehead atoms. The molecular formula is C15H19NO4. The van der Waals surface area contributed by atoms with Gasteiger partial charge >= 0.3 is 6.09 Å². The van der Waals surface area contributed by atoms with Gasteiger partial charge in [0, 0.05) is 12.8 Å². The molecule has 20 heavy (non-hydrogen) atoms. The predicted molar refractivity (Wildman–Crippen MR) is 74.1 cm³/mol. The van der Waals surface area contributed by atoms with E-state index in [-0.39, 0.29) is 18.8 Å². The monoisotopic (exact) mass is 277 g/mol. The van der Waals surface area contributed by atoms with Gasteiger partial charge in [-0.15, -0.1) is 0 Å². The third kappa shape index (κ3) is 6.13. The number of alkyl carbamates (subject to hydrolysis) is 1. The third-order valence-electron chi connectivity index (χ3n) is 2.81. The fraction of sp³-hybridized carbons (Fsp3) is 0.400. The first-order valence-electron chi connectivity index (χ1n) is 6.60. The molecule has 0 saturated carbocycles. The molecule has 0 unspecified atom stereocenters. The normalized spacial score (nSPS) is 11.4. The number of Topliss-reactive ketones (excluding diaryl/α,β-unsaturated/α-hetero) is 1. The van der Waals surface area contributed by atoms with E-state index in [1.165, 1.54) is 0 Å². The second-order valence-electron chi connectivity index (χ2n) is 4.38. The van der Waals surface area contributed by atoms with Crippen LogP contribution in [0.2, 0.25) is 0 Å². The lowest BCUT2D eigenvalue weighted by molar-refractivity contribution is -0.119. The van der Waals surface area contributed by atoms with Gasteiger partial charge in [0.2, 0.25) is 0 Å². The summed E-state index contributed by atoms with van der Waals surface area (Å²) >= 11 is 0. The van der Waals surface area contributed by atoms with Gasteiger partial charge in [-0.3, -0.25) is 4.79 Å². The summed E-state index contributed by atoms with van der Waals surface area (Å²) in [5.41, 5.74) is 0.867. The molecular weight excluding hydrogens is 258 g/mol. The van der Waals surface area contributed by atoms with Crippen LogP contribution in [0.25, 0.3) is 0 Å². The summed E-state index contributed by atoms with van der Waals surface area (Å²) in [6.45, 7) is 1.91. The lowest BCUT2D eigenvalue weighted by atomic mass is 10.1. The minimum atomic E-state index is -0.686. The van der Waals surface area contributed by atoms with E-state index in [9.17, 15) is 14.4 Å². The Morgan fingerprint density at radius 1 is 1.30 bits per heavy atom. The van der Waals surface area contributed by atoms with Crippen LogP contribution in [-0.2, 0) is 20.9 Å². The van der Waals surface area contributed by atoms with Gasteiger partial charge in [0.15, 0.2) is 0 Å². The van der Waals surface area contributed by atoms with Crippen molar-refractivity contribution in [3.8, 4) is 0 Å². The smallest absolute Gasteiger partial charge is 0.408 e. The number of rotatable bonds is 8. The molecule has 1 aromatic rings. The molecule has 0 fully saturated rings. The van der Waals surface area contributed by atoms with E-state index in [2.05, 4.69) is 5.32 Å². The van der Waals surface area contributed by atoms with Crippen molar-refractivity contribution in [1.29, 1.82) is 0 Å². The van der Waals surface area contributed by atoms with Crippen LogP contribution in [0.4, 0.5) is 4.79 Å². The van der Waals surface area contributed by atoms with Crippen LogP contribution >= 0.6 is 0 Å². The minimum Gasteiger partial charge on any atom is -0.445 e. The van der Waals surface area contributed by atoms with Crippen molar-refractivity contribution in [1.82, 2.24) is 5.32 Å². The number of hydrogen-bond acceptors (Lipinski definition) is 4. The highest BCUT2D eigenvalue weighted by Crippen LogP contribution is 2.02. The van der Waals surface area contributed by atoms with Gasteiger partial charge in [-0.2, -0.15) is 0 Å². The molecule has 0 radical (unpaired) electrons. The van der Waals surface area contributed by atoms with Crippen LogP contribution in [0, 0.1) is 0 Å². The molecule has 0 saturated heterocycles. The van der Waals surface area contributed by atoms with Crippen LogP contribution in [0.5, 0.6) is 0 Å². The molecule has 1 amide bonds. The Hall–Kier alpha value is -2.17. The second kappa shape index (κ2) is 8.85. The van der Waals surface area contributed by atoms with E-state index in [0.29, 0.717) is 19.1 Å². The van der Waals surface area contributed by atoms with Crippen LogP contribution < -0.4 is 5.32 Å². The Labute approximate surface area is 118 Å². The first kappa shape index (κ1) is 15.9. The SMILES string of the molecule is CCC(=O)CC[C@@H](C=O)NC(=O)OCc1ccccc1. The number of benzene rings is 1. The molecule has 0 aliphatic heterocycles. The number of nitrogens with one attached hydrogen (secondary N) is 1. The molecule has 0 aromatic heterocycles. The first-order valence-corrected chi connectivity index (χ1v) is 6.60. The van der Waals surface area contributed by atoms with Crippen LogP contribution in [0.3, 0.4) is 0 Å². The zero-order chi connectivity index (χ0) is 14.8. The Bertz CT molecular complexity index is 444. The topological polar surface area (TPSA) is 72.5 Å². The number of ketones is 1. The summed E-state index contributed by atoms with van der Waals surface area (Å²) in [7, 11) is 0. The molecule has 0 heterocycles. The Balaban J connectivity index is 2.32. The van der Waals surface area contributed by atoms with Crippen molar-refractivity contribution in [2.24, 2.45) is 0 Å². The molecule has 0 aliphatic rings. The number of ether oxygens (including phenoxy) is 1. The quantitative estimate of drug-likeness (QED) is 0.740. The molecule has 5 heteroatoms. The summed E-state index contributed by atoms with van der Waals surface area (Å²) < 4.78 is 5.00. The van der Waals surface area contributed by atoms with E-state index in [1.54, 1.807) is 6.92 Å². The maximum Gasteiger partial charge on any atom is 0.408 e. The van der Waals surface area contributed by atoms with Gasteiger partial charge in [0.1, 0.15) is 18.7 Å². The van der Waals surface area contributed by atoms with E-state index in [0.717, 1.165) is 5.56 Å². The molecule has 1 atom stereocenters. The Morgan fingerprint density at radius 3 is 2.60 bits per heavy atom. The summed E-state index contributed by atoms with van der Waals surface area (Å²) in [4.78, 5) is 33.5. The second-order valence-corrected chi connectivity index (χ2v) is 4.38. The summed E-state index contributed by atoms with van der Waals surface area (Å²) in [6.07, 6.45) is 0.974. The molecule has 1 rings (SSSR count). The zero-order valence-electron chi connectivity index (χ0n) is 11.5. The van der Waals surface area contributed by atoms with Gasteiger partial charge in [0.05, 0.1) is 6.04 Å². The fourth-order valence-electron chi connectivity index (χ4n) is 1.58. The number of amides is 1. The fourth-order valence-corrected chi connectivity index (χ4v) is 1.58. The Kier molecular flexibility index (Phi) is 7.03. The highest BCUT2D eigenvalue weighted by atomic mass is 16.5. The lowest BCUT2D eigenvalue weighted by Crippen LogP contribution is -2.36. The van der Waals surface area contributed by atoms with Gasteiger partial charge in [0.25, 0.3) is 0 Å². The predicted octanol–water partition coefficient (Wildman–Crippen LogP) is 2.24. The van der Waals surface area contributed by atoms with Crippen molar-refractivity contribution < 1.29 is 19.1 Å². The molecule has 0 spiro atoms. The van der Waals surface area contributed by atoms with E-state index < -0.39 is 12.1 Å². The maximum atomic E-state index is 11.5. The number of aldehydes is 1. The van der Waals surface area contributed by atoms with Crippen LogP contribution in [0.15, 0.2) is 30.3 Å². The zero-order valence-corrected chi connectivity index (χ0v) is 11.5. The standard InChI is InChI=1S/C15H19NO4/c1-2-14(18)9-8-13(10-17)16-15(19)20-11-12-6-4-3-5-7-12/h3-7,10,13H,2,8-9,11H2,1H3,(H,16,19)/t13-/m0/s1. The maximum absolute atomic E-state index is 11.5. The Morgan fingerprint density at radius 2 is 2.00 bits per heavy atom. The summed E-state index contributed by atoms with van der Waals surface area (Å²) in [5.74, 6) is 0.0660. The largest absolute Gasteiger partial charge is 0.445 e. The lowest BCUT2D eigenvalue weighted by Gasteiger charge is -2.12. The van der Waals surface area contributed by atoms with Crippen molar-refractivity contribution in [3.63, 3.8) is 0 Å². The number of hydrogen-bond donors (Lipinski definition) is 1. The summed E-state index contributed by atoms with van der Waals surface area (Å²) in [6, 6.07) is 8.56. The van der Waals surface area contributed by atoms with Crippen molar-refractivity contribution >= 4 is 18.2 Å². The van der Waals surface area contributed by atoms with Gasteiger partial charge in [-0.05, 0) is 12.0 Å². The first-order chi connectivity index (χ1) is 9.65. The molecule has 1 aromatic carbocycles. The van der Waals surface area contributed by atoms with Gasteiger partial charge in [-0.1, -0.05) is 37.3 Å².